The van der Waals surface area contributed by atoms with Crippen molar-refractivity contribution in [1.29, 1.82) is 0 Å². The van der Waals surface area contributed by atoms with E-state index in [1.54, 1.807) is 0 Å². The summed E-state index contributed by atoms with van der Waals surface area (Å²) < 4.78 is 5.01. The number of Topliss-reactive ketones (excluding diaryl/α,β-unsaturated/α-hetero) is 1. The zero-order valence-electron chi connectivity index (χ0n) is 10.6. The van der Waals surface area contributed by atoms with Gasteiger partial charge in [0.2, 0.25) is 0 Å². The normalized spacial score (nSPS) is 11.5. The largest absolute Gasteiger partial charge is 0.453 e. The SMILES string of the molecule is C=C(C(C)=O)C(OC(C)=O)c1cccc([N+](=O)[O-])c1. The van der Waals surface area contributed by atoms with Crippen LogP contribution < -0.4 is 0 Å². The molecule has 0 fully saturated rings. The second kappa shape index (κ2) is 5.90. The summed E-state index contributed by atoms with van der Waals surface area (Å²) in [5, 5.41) is 10.7. The third kappa shape index (κ3) is 3.74. The van der Waals surface area contributed by atoms with E-state index in [0.717, 1.165) is 0 Å². The molecule has 6 heteroatoms. The number of rotatable bonds is 5. The van der Waals surface area contributed by atoms with Crippen LogP contribution in [0.4, 0.5) is 5.69 Å². The summed E-state index contributed by atoms with van der Waals surface area (Å²) in [6.45, 7) is 6.04. The van der Waals surface area contributed by atoms with Crippen molar-refractivity contribution in [1.82, 2.24) is 0 Å². The summed E-state index contributed by atoms with van der Waals surface area (Å²) in [5.74, 6) is -0.948. The maximum Gasteiger partial charge on any atom is 0.303 e. The average molecular weight is 263 g/mol. The van der Waals surface area contributed by atoms with E-state index in [1.807, 2.05) is 0 Å². The minimum atomic E-state index is -1.00. The van der Waals surface area contributed by atoms with Gasteiger partial charge in [0.1, 0.15) is 0 Å². The Kier molecular flexibility index (Phi) is 4.52. The van der Waals surface area contributed by atoms with Gasteiger partial charge in [-0.3, -0.25) is 19.7 Å². The maximum atomic E-state index is 11.3. The lowest BCUT2D eigenvalue weighted by Crippen LogP contribution is -2.15. The fourth-order valence-electron chi connectivity index (χ4n) is 1.49. The van der Waals surface area contributed by atoms with E-state index < -0.39 is 17.0 Å². The molecule has 1 rings (SSSR count). The fourth-order valence-corrected chi connectivity index (χ4v) is 1.49. The monoisotopic (exact) mass is 263 g/mol. The predicted molar refractivity (Wildman–Crippen MR) is 67.4 cm³/mol. The molecule has 0 aliphatic carbocycles. The summed E-state index contributed by atoms with van der Waals surface area (Å²) in [4.78, 5) is 32.5. The van der Waals surface area contributed by atoms with Crippen molar-refractivity contribution in [2.24, 2.45) is 0 Å². The Morgan fingerprint density at radius 1 is 1.37 bits per heavy atom. The highest BCUT2D eigenvalue weighted by molar-refractivity contribution is 5.94. The van der Waals surface area contributed by atoms with Gasteiger partial charge in [0, 0.05) is 30.2 Å². The van der Waals surface area contributed by atoms with Crippen molar-refractivity contribution in [2.75, 3.05) is 0 Å². The third-order valence-corrected chi connectivity index (χ3v) is 2.44. The van der Waals surface area contributed by atoms with Gasteiger partial charge in [0.25, 0.3) is 5.69 Å². The van der Waals surface area contributed by atoms with Gasteiger partial charge in [-0.25, -0.2) is 0 Å². The first kappa shape index (κ1) is 14.6. The van der Waals surface area contributed by atoms with E-state index >= 15 is 0 Å². The molecule has 1 aromatic carbocycles. The minimum absolute atomic E-state index is 0.0655. The van der Waals surface area contributed by atoms with Gasteiger partial charge in [0.05, 0.1) is 4.92 Å². The standard InChI is InChI=1S/C13H13NO5/c1-8(9(2)15)13(19-10(3)16)11-5-4-6-12(7-11)14(17)18/h4-7,13H,1H2,2-3H3. The summed E-state index contributed by atoms with van der Waals surface area (Å²) in [7, 11) is 0. The smallest absolute Gasteiger partial charge is 0.303 e. The molecular weight excluding hydrogens is 250 g/mol. The zero-order valence-corrected chi connectivity index (χ0v) is 10.6. The van der Waals surface area contributed by atoms with Crippen LogP contribution in [0.3, 0.4) is 0 Å². The van der Waals surface area contributed by atoms with E-state index in [9.17, 15) is 19.7 Å². The van der Waals surface area contributed by atoms with Gasteiger partial charge >= 0.3 is 5.97 Å². The Hall–Kier alpha value is -2.50. The van der Waals surface area contributed by atoms with Crippen molar-refractivity contribution in [3.8, 4) is 0 Å². The molecule has 1 atom stereocenters. The van der Waals surface area contributed by atoms with Crippen molar-refractivity contribution in [3.05, 3.63) is 52.1 Å². The van der Waals surface area contributed by atoms with Crippen molar-refractivity contribution in [2.45, 2.75) is 20.0 Å². The number of nitrogens with zero attached hydrogens (tertiary/aromatic N) is 1. The predicted octanol–water partition coefficient (Wildman–Crippen LogP) is 2.34. The zero-order chi connectivity index (χ0) is 14.6. The van der Waals surface area contributed by atoms with Crippen LogP contribution in [0.2, 0.25) is 0 Å². The molecule has 6 nitrogen and oxygen atoms in total. The molecule has 19 heavy (non-hydrogen) atoms. The molecule has 0 bridgehead atoms. The van der Waals surface area contributed by atoms with Crippen LogP contribution >= 0.6 is 0 Å². The molecule has 0 radical (unpaired) electrons. The molecule has 0 heterocycles. The molecule has 0 amide bonds. The first-order valence-electron chi connectivity index (χ1n) is 5.44. The minimum Gasteiger partial charge on any atom is -0.453 e. The highest BCUT2D eigenvalue weighted by Gasteiger charge is 2.23. The molecular formula is C13H13NO5. The van der Waals surface area contributed by atoms with Crippen molar-refractivity contribution >= 4 is 17.4 Å². The molecule has 0 saturated heterocycles. The van der Waals surface area contributed by atoms with Crippen LogP contribution in [-0.4, -0.2) is 16.7 Å². The van der Waals surface area contributed by atoms with Crippen LogP contribution in [0.5, 0.6) is 0 Å². The van der Waals surface area contributed by atoms with E-state index in [-0.39, 0.29) is 17.0 Å². The number of non-ortho nitro benzene ring substituents is 1. The van der Waals surface area contributed by atoms with Gasteiger partial charge in [-0.2, -0.15) is 0 Å². The van der Waals surface area contributed by atoms with Gasteiger partial charge < -0.3 is 4.74 Å². The summed E-state index contributed by atoms with van der Waals surface area (Å²) in [6.07, 6.45) is -1.00. The lowest BCUT2D eigenvalue weighted by atomic mass is 9.99. The van der Waals surface area contributed by atoms with Gasteiger partial charge in [-0.15, -0.1) is 0 Å². The number of hydrogen-bond acceptors (Lipinski definition) is 5. The van der Waals surface area contributed by atoms with Gasteiger partial charge in [-0.05, 0) is 6.92 Å². The summed E-state index contributed by atoms with van der Waals surface area (Å²) in [6, 6.07) is 5.55. The Bertz CT molecular complexity index is 550. The number of ketones is 1. The molecule has 0 aliphatic rings. The molecule has 1 aromatic rings. The van der Waals surface area contributed by atoms with Gasteiger partial charge in [-0.1, -0.05) is 18.7 Å². The number of nitro benzene ring substituents is 1. The summed E-state index contributed by atoms with van der Waals surface area (Å²) >= 11 is 0. The summed E-state index contributed by atoms with van der Waals surface area (Å²) in [5.41, 5.74) is 0.256. The van der Waals surface area contributed by atoms with Crippen LogP contribution in [-0.2, 0) is 14.3 Å². The number of nitro groups is 1. The highest BCUT2D eigenvalue weighted by atomic mass is 16.6. The van der Waals surface area contributed by atoms with E-state index in [0.29, 0.717) is 5.56 Å². The van der Waals surface area contributed by atoms with E-state index in [4.69, 9.17) is 4.74 Å². The molecule has 100 valence electrons. The second-order valence-corrected chi connectivity index (χ2v) is 3.92. The molecule has 0 aliphatic heterocycles. The van der Waals surface area contributed by atoms with Crippen molar-refractivity contribution in [3.63, 3.8) is 0 Å². The Morgan fingerprint density at radius 2 is 2.00 bits per heavy atom. The number of carbonyl (C=O) groups excluding carboxylic acids is 2. The molecule has 0 spiro atoms. The topological polar surface area (TPSA) is 86.5 Å². The Balaban J connectivity index is 3.20. The maximum absolute atomic E-state index is 11.3. The number of hydrogen-bond donors (Lipinski definition) is 0. The van der Waals surface area contributed by atoms with Crippen LogP contribution in [0.15, 0.2) is 36.4 Å². The van der Waals surface area contributed by atoms with Crippen LogP contribution in [0.1, 0.15) is 25.5 Å². The Labute approximate surface area is 109 Å². The number of ether oxygens (including phenoxy) is 1. The quantitative estimate of drug-likeness (QED) is 0.352. The fraction of sp³-hybridized carbons (Fsp3) is 0.231. The number of esters is 1. The first-order chi connectivity index (χ1) is 8.82. The van der Waals surface area contributed by atoms with Gasteiger partial charge in [0.15, 0.2) is 11.9 Å². The molecule has 0 aromatic heterocycles. The molecule has 0 N–H and O–H groups in total. The lowest BCUT2D eigenvalue weighted by molar-refractivity contribution is -0.385. The Morgan fingerprint density at radius 3 is 2.47 bits per heavy atom. The highest BCUT2D eigenvalue weighted by Crippen LogP contribution is 2.28. The third-order valence-electron chi connectivity index (χ3n) is 2.44. The average Bonchev–Trinajstić information content (AvgIpc) is 2.34. The number of benzene rings is 1. The van der Waals surface area contributed by atoms with Crippen LogP contribution in [0, 0.1) is 10.1 Å². The molecule has 0 saturated carbocycles. The van der Waals surface area contributed by atoms with E-state index in [1.165, 1.54) is 38.1 Å². The van der Waals surface area contributed by atoms with Crippen LogP contribution in [0.25, 0.3) is 0 Å². The first-order valence-corrected chi connectivity index (χ1v) is 5.44. The van der Waals surface area contributed by atoms with E-state index in [2.05, 4.69) is 6.58 Å². The molecule has 1 unspecified atom stereocenters. The number of carbonyl (C=O) groups is 2. The lowest BCUT2D eigenvalue weighted by Gasteiger charge is -2.18. The second-order valence-electron chi connectivity index (χ2n) is 3.92. The van der Waals surface area contributed by atoms with Crippen molar-refractivity contribution < 1.29 is 19.2 Å².